The molecule has 21 heavy (non-hydrogen) atoms. The molecular weight excluding hydrogens is 260 g/mol. The van der Waals surface area contributed by atoms with E-state index in [1.54, 1.807) is 12.4 Å². The summed E-state index contributed by atoms with van der Waals surface area (Å²) in [5, 5.41) is 3.72. The van der Waals surface area contributed by atoms with E-state index >= 15 is 0 Å². The summed E-state index contributed by atoms with van der Waals surface area (Å²) in [6.07, 6.45) is 7.44. The maximum absolute atomic E-state index is 4.63. The summed E-state index contributed by atoms with van der Waals surface area (Å²) in [5.74, 6) is 1.76. The van der Waals surface area contributed by atoms with Gasteiger partial charge in [-0.25, -0.2) is 9.97 Å². The molecule has 4 nitrogen and oxygen atoms in total. The number of pyridine rings is 1. The molecule has 2 aromatic rings. The monoisotopic (exact) mass is 282 g/mol. The van der Waals surface area contributed by atoms with Gasteiger partial charge in [0.1, 0.15) is 11.3 Å². The van der Waals surface area contributed by atoms with E-state index in [1.807, 2.05) is 12.1 Å². The van der Waals surface area contributed by atoms with Gasteiger partial charge in [0.2, 0.25) is 0 Å². The molecule has 0 radical (unpaired) electrons. The predicted octanol–water partition coefficient (Wildman–Crippen LogP) is 3.65. The van der Waals surface area contributed by atoms with Gasteiger partial charge in [0.05, 0.1) is 0 Å². The lowest BCUT2D eigenvalue weighted by molar-refractivity contribution is 0.155. The van der Waals surface area contributed by atoms with Crippen molar-refractivity contribution in [2.24, 2.45) is 16.7 Å². The maximum atomic E-state index is 4.63. The first-order chi connectivity index (χ1) is 9.99. The molecule has 2 aliphatic rings. The van der Waals surface area contributed by atoms with Crippen molar-refractivity contribution in [2.45, 2.75) is 46.1 Å². The summed E-state index contributed by atoms with van der Waals surface area (Å²) in [6, 6.07) is 4.51. The van der Waals surface area contributed by atoms with E-state index < -0.39 is 0 Å². The number of hydrogen-bond acceptors (Lipinski definition) is 4. The maximum Gasteiger partial charge on any atom is 0.180 e. The number of anilines is 1. The van der Waals surface area contributed by atoms with Gasteiger partial charge in [0, 0.05) is 18.4 Å². The van der Waals surface area contributed by atoms with E-state index in [0.29, 0.717) is 22.5 Å². The zero-order valence-electron chi connectivity index (χ0n) is 12.9. The molecule has 2 fully saturated rings. The zero-order chi connectivity index (χ0) is 14.7. The Hall–Kier alpha value is -1.71. The van der Waals surface area contributed by atoms with Crippen LogP contribution >= 0.6 is 0 Å². The highest BCUT2D eigenvalue weighted by molar-refractivity contribution is 5.71. The van der Waals surface area contributed by atoms with Crippen molar-refractivity contribution in [3.05, 3.63) is 24.5 Å². The van der Waals surface area contributed by atoms with Crippen molar-refractivity contribution >= 4 is 17.0 Å². The average molecular weight is 282 g/mol. The van der Waals surface area contributed by atoms with Gasteiger partial charge in [-0.2, -0.15) is 0 Å². The largest absolute Gasteiger partial charge is 0.366 e. The van der Waals surface area contributed by atoms with E-state index in [1.165, 1.54) is 19.3 Å². The van der Waals surface area contributed by atoms with Crippen LogP contribution in [0.3, 0.4) is 0 Å². The summed E-state index contributed by atoms with van der Waals surface area (Å²) in [5.41, 5.74) is 2.29. The Labute approximate surface area is 125 Å². The molecule has 4 rings (SSSR count). The van der Waals surface area contributed by atoms with Crippen molar-refractivity contribution in [2.75, 3.05) is 5.32 Å². The second-order valence-electron chi connectivity index (χ2n) is 7.59. The molecule has 2 bridgehead atoms. The fourth-order valence-corrected chi connectivity index (χ4v) is 4.74. The van der Waals surface area contributed by atoms with E-state index in [9.17, 15) is 0 Å². The zero-order valence-corrected chi connectivity index (χ0v) is 12.9. The highest BCUT2D eigenvalue weighted by Gasteiger charge is 2.59. The van der Waals surface area contributed by atoms with E-state index in [4.69, 9.17) is 0 Å². The number of rotatable bonds is 2. The number of nitrogens with one attached hydrogen (secondary N) is 1. The Balaban J connectivity index is 1.68. The van der Waals surface area contributed by atoms with Gasteiger partial charge in [-0.15, -0.1) is 0 Å². The van der Waals surface area contributed by atoms with Gasteiger partial charge < -0.3 is 5.32 Å². The molecule has 3 unspecified atom stereocenters. The molecule has 2 aromatic heterocycles. The molecule has 4 heteroatoms. The van der Waals surface area contributed by atoms with Gasteiger partial charge >= 0.3 is 0 Å². The van der Waals surface area contributed by atoms with Crippen LogP contribution in [-0.2, 0) is 0 Å². The molecule has 1 N–H and O–H groups in total. The first-order valence-corrected chi connectivity index (χ1v) is 7.83. The van der Waals surface area contributed by atoms with E-state index in [0.717, 1.165) is 17.3 Å². The lowest BCUT2D eigenvalue weighted by Crippen LogP contribution is -2.45. The lowest BCUT2D eigenvalue weighted by Gasteiger charge is -2.43. The topological polar surface area (TPSA) is 50.7 Å². The van der Waals surface area contributed by atoms with Crippen molar-refractivity contribution in [3.8, 4) is 0 Å². The second kappa shape index (κ2) is 4.15. The second-order valence-corrected chi connectivity index (χ2v) is 7.59. The highest BCUT2D eigenvalue weighted by atomic mass is 15.1. The first kappa shape index (κ1) is 13.0. The minimum atomic E-state index is 0.325. The van der Waals surface area contributed by atoms with Gasteiger partial charge in [0.25, 0.3) is 0 Å². The fraction of sp³-hybridized carbons (Fsp3) is 0.588. The highest BCUT2D eigenvalue weighted by Crippen LogP contribution is 2.63. The Morgan fingerprint density at radius 1 is 1.14 bits per heavy atom. The number of nitrogens with zero attached hydrogens (tertiary/aromatic N) is 3. The predicted molar refractivity (Wildman–Crippen MR) is 84.0 cm³/mol. The molecule has 110 valence electrons. The molecule has 0 aromatic carbocycles. The number of fused-ring (bicyclic) bond motifs is 3. The summed E-state index contributed by atoms with van der Waals surface area (Å²) in [6.45, 7) is 7.24. The minimum absolute atomic E-state index is 0.325. The third-order valence-corrected chi connectivity index (χ3v) is 5.89. The number of hydrogen-bond donors (Lipinski definition) is 1. The molecule has 2 saturated carbocycles. The Kier molecular flexibility index (Phi) is 2.57. The normalized spacial score (nSPS) is 33.5. The standard InChI is InChI=1S/C17H22N4/c1-16(2)11-6-7-17(3,10-11)15(16)21-13-5-4-12-14(20-13)19-9-8-18-12/h4-5,8-9,11,15H,6-7,10H2,1-3H3,(H,19,20,21). The molecule has 0 amide bonds. The third-order valence-electron chi connectivity index (χ3n) is 5.89. The van der Waals surface area contributed by atoms with Crippen LogP contribution in [0.4, 0.5) is 5.82 Å². The summed E-state index contributed by atoms with van der Waals surface area (Å²) < 4.78 is 0. The number of aromatic nitrogens is 3. The summed E-state index contributed by atoms with van der Waals surface area (Å²) >= 11 is 0. The van der Waals surface area contributed by atoms with Crippen LogP contribution < -0.4 is 5.32 Å². The van der Waals surface area contributed by atoms with Crippen molar-refractivity contribution < 1.29 is 0 Å². The van der Waals surface area contributed by atoms with Gasteiger partial charge in [-0.1, -0.05) is 20.8 Å². The van der Waals surface area contributed by atoms with Crippen LogP contribution in [0.15, 0.2) is 24.5 Å². The van der Waals surface area contributed by atoms with Crippen LogP contribution in [0.2, 0.25) is 0 Å². The summed E-state index contributed by atoms with van der Waals surface area (Å²) in [7, 11) is 0. The average Bonchev–Trinajstić information content (AvgIpc) is 2.95. The smallest absolute Gasteiger partial charge is 0.180 e. The first-order valence-electron chi connectivity index (χ1n) is 7.83. The molecule has 0 saturated heterocycles. The van der Waals surface area contributed by atoms with E-state index in [2.05, 4.69) is 41.0 Å². The molecule has 2 heterocycles. The van der Waals surface area contributed by atoms with Crippen LogP contribution in [0.1, 0.15) is 40.0 Å². The van der Waals surface area contributed by atoms with E-state index in [-0.39, 0.29) is 0 Å². The lowest BCUT2D eigenvalue weighted by atomic mass is 9.68. The molecule has 0 spiro atoms. The molecule has 0 aliphatic heterocycles. The molecule has 2 aliphatic carbocycles. The van der Waals surface area contributed by atoms with Crippen molar-refractivity contribution in [1.82, 2.24) is 15.0 Å². The third kappa shape index (κ3) is 1.84. The summed E-state index contributed by atoms with van der Waals surface area (Å²) in [4.78, 5) is 13.2. The van der Waals surface area contributed by atoms with Crippen LogP contribution in [0.25, 0.3) is 11.2 Å². The Morgan fingerprint density at radius 3 is 2.71 bits per heavy atom. The SMILES string of the molecule is CC12CCC(C1)C(C)(C)C2Nc1ccc2nccnc2n1. The van der Waals surface area contributed by atoms with Crippen molar-refractivity contribution in [1.29, 1.82) is 0 Å². The van der Waals surface area contributed by atoms with Gasteiger partial charge in [0.15, 0.2) is 5.65 Å². The van der Waals surface area contributed by atoms with Gasteiger partial charge in [-0.05, 0) is 48.1 Å². The quantitative estimate of drug-likeness (QED) is 0.913. The van der Waals surface area contributed by atoms with Crippen LogP contribution in [0.5, 0.6) is 0 Å². The van der Waals surface area contributed by atoms with Gasteiger partial charge in [-0.3, -0.25) is 4.98 Å². The van der Waals surface area contributed by atoms with Crippen LogP contribution in [0, 0.1) is 16.7 Å². The van der Waals surface area contributed by atoms with Crippen LogP contribution in [-0.4, -0.2) is 21.0 Å². The fourth-order valence-electron chi connectivity index (χ4n) is 4.74. The Bertz CT molecular complexity index is 691. The Morgan fingerprint density at radius 2 is 1.95 bits per heavy atom. The molecular formula is C17H22N4. The van der Waals surface area contributed by atoms with Crippen molar-refractivity contribution in [3.63, 3.8) is 0 Å². The minimum Gasteiger partial charge on any atom is -0.366 e. The molecule has 3 atom stereocenters.